The summed E-state index contributed by atoms with van der Waals surface area (Å²) in [5.41, 5.74) is 3.65. The smallest absolute Gasteiger partial charge is 0.0957 e. The van der Waals surface area contributed by atoms with Crippen molar-refractivity contribution < 1.29 is 0 Å². The minimum absolute atomic E-state index is 0.407. The monoisotopic (exact) mass is 228 g/mol. The molecule has 0 fully saturated rings. The minimum Gasteiger partial charge on any atom is -0.269 e. The summed E-state index contributed by atoms with van der Waals surface area (Å²) in [5.74, 6) is 0.498. The Kier molecular flexibility index (Phi) is 3.32. The third-order valence-corrected chi connectivity index (χ3v) is 2.96. The van der Waals surface area contributed by atoms with Crippen LogP contribution < -0.4 is 0 Å². The molecule has 2 aromatic rings. The fraction of sp³-hybridized carbons (Fsp3) is 0.400. The molecular weight excluding hydrogens is 208 g/mol. The van der Waals surface area contributed by atoms with Crippen LogP contribution in [0, 0.1) is 0 Å². The second-order valence-electron chi connectivity index (χ2n) is 5.03. The van der Waals surface area contributed by atoms with Crippen molar-refractivity contribution in [3.63, 3.8) is 0 Å². The first-order chi connectivity index (χ1) is 8.09. The first kappa shape index (κ1) is 11.9. The van der Waals surface area contributed by atoms with E-state index in [-0.39, 0.29) is 0 Å². The zero-order valence-electron chi connectivity index (χ0n) is 11.0. The highest BCUT2D eigenvalue weighted by Gasteiger charge is 2.14. The molecule has 0 aliphatic rings. The number of hydrogen-bond acceptors (Lipinski definition) is 1. The molecular formula is C15H20N2. The number of hydrogen-bond donors (Lipinski definition) is 0. The Balaban J connectivity index is 2.52. The quantitative estimate of drug-likeness (QED) is 0.767. The van der Waals surface area contributed by atoms with Crippen LogP contribution in [0.5, 0.6) is 0 Å². The lowest BCUT2D eigenvalue weighted by atomic mass is 10.00. The molecule has 0 radical (unpaired) electrons. The van der Waals surface area contributed by atoms with Crippen LogP contribution in [0.15, 0.2) is 36.5 Å². The molecule has 1 aromatic carbocycles. The summed E-state index contributed by atoms with van der Waals surface area (Å²) >= 11 is 0. The van der Waals surface area contributed by atoms with E-state index in [1.54, 1.807) is 0 Å². The Hall–Kier alpha value is -1.57. The Morgan fingerprint density at radius 1 is 1.00 bits per heavy atom. The van der Waals surface area contributed by atoms with Gasteiger partial charge in [0, 0.05) is 23.4 Å². The molecule has 0 amide bonds. The third kappa shape index (κ3) is 2.41. The molecule has 0 N–H and O–H groups in total. The number of benzene rings is 1. The number of rotatable bonds is 3. The van der Waals surface area contributed by atoms with Gasteiger partial charge >= 0.3 is 0 Å². The molecule has 0 bridgehead atoms. The normalized spacial score (nSPS) is 11.4. The molecule has 2 heteroatoms. The average Bonchev–Trinajstić information content (AvgIpc) is 2.75. The van der Waals surface area contributed by atoms with Gasteiger partial charge in [0.2, 0.25) is 0 Å². The lowest BCUT2D eigenvalue weighted by molar-refractivity contribution is 0.533. The fourth-order valence-electron chi connectivity index (χ4n) is 1.91. The maximum Gasteiger partial charge on any atom is 0.0957 e. The second-order valence-corrected chi connectivity index (χ2v) is 5.03. The second kappa shape index (κ2) is 4.74. The summed E-state index contributed by atoms with van der Waals surface area (Å²) in [7, 11) is 0. The SMILES string of the molecule is CC(C)c1cn(C(C)C)nc1-c1ccccc1. The zero-order valence-corrected chi connectivity index (χ0v) is 11.0. The van der Waals surface area contributed by atoms with Gasteiger partial charge in [-0.1, -0.05) is 44.2 Å². The molecule has 0 saturated carbocycles. The van der Waals surface area contributed by atoms with E-state index in [4.69, 9.17) is 5.10 Å². The van der Waals surface area contributed by atoms with E-state index in [1.807, 2.05) is 6.07 Å². The van der Waals surface area contributed by atoms with Gasteiger partial charge in [-0.05, 0) is 19.8 Å². The van der Waals surface area contributed by atoms with Crippen molar-refractivity contribution in [2.45, 2.75) is 39.7 Å². The molecule has 17 heavy (non-hydrogen) atoms. The molecule has 1 aromatic heterocycles. The first-order valence-corrected chi connectivity index (χ1v) is 6.24. The van der Waals surface area contributed by atoms with Gasteiger partial charge in [-0.15, -0.1) is 0 Å². The molecule has 2 rings (SSSR count). The Labute approximate surface area is 103 Å². The highest BCUT2D eigenvalue weighted by molar-refractivity contribution is 5.63. The largest absolute Gasteiger partial charge is 0.269 e. The van der Waals surface area contributed by atoms with Gasteiger partial charge in [0.05, 0.1) is 5.69 Å². The van der Waals surface area contributed by atoms with E-state index < -0.39 is 0 Å². The topological polar surface area (TPSA) is 17.8 Å². The first-order valence-electron chi connectivity index (χ1n) is 6.24. The summed E-state index contributed by atoms with van der Waals surface area (Å²) in [6, 6.07) is 10.8. The highest BCUT2D eigenvalue weighted by atomic mass is 15.3. The maximum atomic E-state index is 4.72. The third-order valence-electron chi connectivity index (χ3n) is 2.96. The van der Waals surface area contributed by atoms with Crippen molar-refractivity contribution in [2.75, 3.05) is 0 Å². The van der Waals surface area contributed by atoms with Crippen LogP contribution in [0.4, 0.5) is 0 Å². The van der Waals surface area contributed by atoms with Crippen molar-refractivity contribution >= 4 is 0 Å². The summed E-state index contributed by atoms with van der Waals surface area (Å²) in [4.78, 5) is 0. The molecule has 0 aliphatic heterocycles. The van der Waals surface area contributed by atoms with E-state index in [2.05, 4.69) is 62.8 Å². The van der Waals surface area contributed by atoms with Gasteiger partial charge in [0.15, 0.2) is 0 Å². The maximum absolute atomic E-state index is 4.72. The van der Waals surface area contributed by atoms with E-state index in [9.17, 15) is 0 Å². The predicted molar refractivity (Wildman–Crippen MR) is 72.1 cm³/mol. The molecule has 1 heterocycles. The van der Waals surface area contributed by atoms with E-state index in [1.165, 1.54) is 11.1 Å². The summed E-state index contributed by atoms with van der Waals surface area (Å²) in [6.45, 7) is 8.75. The number of aromatic nitrogens is 2. The van der Waals surface area contributed by atoms with Crippen LogP contribution in [-0.2, 0) is 0 Å². The predicted octanol–water partition coefficient (Wildman–Crippen LogP) is 4.25. The van der Waals surface area contributed by atoms with Crippen molar-refractivity contribution in [3.05, 3.63) is 42.1 Å². The standard InChI is InChI=1S/C15H20N2/c1-11(2)14-10-17(12(3)4)16-15(14)13-8-6-5-7-9-13/h5-12H,1-4H3. The van der Waals surface area contributed by atoms with Gasteiger partial charge in [-0.3, -0.25) is 4.68 Å². The highest BCUT2D eigenvalue weighted by Crippen LogP contribution is 2.28. The summed E-state index contributed by atoms with van der Waals surface area (Å²) in [5, 5.41) is 4.72. The Morgan fingerprint density at radius 2 is 1.65 bits per heavy atom. The van der Waals surface area contributed by atoms with Crippen LogP contribution in [-0.4, -0.2) is 9.78 Å². The minimum atomic E-state index is 0.407. The van der Waals surface area contributed by atoms with Gasteiger partial charge in [-0.2, -0.15) is 5.10 Å². The van der Waals surface area contributed by atoms with Crippen LogP contribution in [0.25, 0.3) is 11.3 Å². The summed E-state index contributed by atoms with van der Waals surface area (Å²) in [6.07, 6.45) is 2.18. The van der Waals surface area contributed by atoms with Crippen molar-refractivity contribution in [3.8, 4) is 11.3 Å². The van der Waals surface area contributed by atoms with Crippen LogP contribution in [0.1, 0.15) is 45.2 Å². The molecule has 2 nitrogen and oxygen atoms in total. The summed E-state index contributed by atoms with van der Waals surface area (Å²) < 4.78 is 2.05. The molecule has 0 saturated heterocycles. The molecule has 0 atom stereocenters. The van der Waals surface area contributed by atoms with Gasteiger partial charge in [-0.25, -0.2) is 0 Å². The lowest BCUT2D eigenvalue weighted by Gasteiger charge is -2.04. The number of nitrogens with zero attached hydrogens (tertiary/aromatic N) is 2. The molecule has 0 spiro atoms. The zero-order chi connectivity index (χ0) is 12.4. The molecule has 0 unspecified atom stereocenters. The van der Waals surface area contributed by atoms with Gasteiger partial charge < -0.3 is 0 Å². The van der Waals surface area contributed by atoms with E-state index >= 15 is 0 Å². The fourth-order valence-corrected chi connectivity index (χ4v) is 1.91. The van der Waals surface area contributed by atoms with Gasteiger partial charge in [0.1, 0.15) is 0 Å². The Bertz CT molecular complexity index is 481. The lowest BCUT2D eigenvalue weighted by Crippen LogP contribution is -2.00. The average molecular weight is 228 g/mol. The van der Waals surface area contributed by atoms with Crippen molar-refractivity contribution in [1.29, 1.82) is 0 Å². The van der Waals surface area contributed by atoms with Gasteiger partial charge in [0.25, 0.3) is 0 Å². The van der Waals surface area contributed by atoms with Crippen LogP contribution in [0.2, 0.25) is 0 Å². The van der Waals surface area contributed by atoms with Crippen molar-refractivity contribution in [1.82, 2.24) is 9.78 Å². The van der Waals surface area contributed by atoms with Crippen LogP contribution >= 0.6 is 0 Å². The van der Waals surface area contributed by atoms with Crippen LogP contribution in [0.3, 0.4) is 0 Å². The molecule has 0 aliphatic carbocycles. The van der Waals surface area contributed by atoms with E-state index in [0.29, 0.717) is 12.0 Å². The Morgan fingerprint density at radius 3 is 2.18 bits per heavy atom. The van der Waals surface area contributed by atoms with Crippen molar-refractivity contribution in [2.24, 2.45) is 0 Å². The molecule has 90 valence electrons. The van der Waals surface area contributed by atoms with E-state index in [0.717, 1.165) is 5.69 Å².